The van der Waals surface area contributed by atoms with E-state index in [0.29, 0.717) is 0 Å². The van der Waals surface area contributed by atoms with Crippen molar-refractivity contribution in [3.8, 4) is 0 Å². The molecule has 0 aromatic heterocycles. The first-order chi connectivity index (χ1) is 7.52. The Kier molecular flexibility index (Phi) is 9.07. The van der Waals surface area contributed by atoms with Crippen molar-refractivity contribution in [1.29, 1.82) is 0 Å². The van der Waals surface area contributed by atoms with Gasteiger partial charge in [0.15, 0.2) is 0 Å². The van der Waals surface area contributed by atoms with Crippen LogP contribution in [0.25, 0.3) is 0 Å². The highest BCUT2D eigenvalue weighted by molar-refractivity contribution is 4.69. The van der Waals surface area contributed by atoms with Gasteiger partial charge in [0.2, 0.25) is 0 Å². The molecule has 0 heteroatoms. The lowest BCUT2D eigenvalue weighted by molar-refractivity contribution is 0.236. The molecule has 3 unspecified atom stereocenters. The lowest BCUT2D eigenvalue weighted by Gasteiger charge is -2.27. The SMILES string of the molecule is CCCC(C)CCCC(C(C)C)C(C)CC. The summed E-state index contributed by atoms with van der Waals surface area (Å²) in [4.78, 5) is 0. The van der Waals surface area contributed by atoms with E-state index in [0.717, 1.165) is 23.7 Å². The van der Waals surface area contributed by atoms with Gasteiger partial charge in [-0.3, -0.25) is 0 Å². The van der Waals surface area contributed by atoms with Crippen LogP contribution in [0.1, 0.15) is 80.1 Å². The maximum atomic E-state index is 2.43. The number of rotatable bonds is 9. The van der Waals surface area contributed by atoms with Crippen LogP contribution in [-0.2, 0) is 0 Å². The van der Waals surface area contributed by atoms with E-state index < -0.39 is 0 Å². The van der Waals surface area contributed by atoms with Gasteiger partial charge in [-0.2, -0.15) is 0 Å². The molecule has 0 aliphatic rings. The normalized spacial score (nSPS) is 17.4. The van der Waals surface area contributed by atoms with Crippen LogP contribution >= 0.6 is 0 Å². The molecule has 0 saturated carbocycles. The molecule has 0 rings (SSSR count). The topological polar surface area (TPSA) is 0 Å². The highest BCUT2D eigenvalue weighted by Gasteiger charge is 2.19. The van der Waals surface area contributed by atoms with E-state index in [-0.39, 0.29) is 0 Å². The molecule has 0 spiro atoms. The van der Waals surface area contributed by atoms with E-state index in [4.69, 9.17) is 0 Å². The second-order valence-corrected chi connectivity index (χ2v) is 6.12. The Morgan fingerprint density at radius 3 is 1.88 bits per heavy atom. The first-order valence-electron chi connectivity index (χ1n) is 7.52. The molecule has 0 radical (unpaired) electrons. The second-order valence-electron chi connectivity index (χ2n) is 6.12. The Balaban J connectivity index is 3.85. The third-order valence-corrected chi connectivity index (χ3v) is 4.25. The highest BCUT2D eigenvalue weighted by Crippen LogP contribution is 2.29. The van der Waals surface area contributed by atoms with Gasteiger partial charge in [0.1, 0.15) is 0 Å². The van der Waals surface area contributed by atoms with Gasteiger partial charge in [0.25, 0.3) is 0 Å². The minimum absolute atomic E-state index is 0.858. The van der Waals surface area contributed by atoms with Gasteiger partial charge < -0.3 is 0 Å². The average Bonchev–Trinajstić information content (AvgIpc) is 2.23. The van der Waals surface area contributed by atoms with E-state index in [2.05, 4.69) is 41.5 Å². The quantitative estimate of drug-likeness (QED) is 0.458. The van der Waals surface area contributed by atoms with E-state index >= 15 is 0 Å². The Morgan fingerprint density at radius 1 is 0.812 bits per heavy atom. The molecular weight excluding hydrogens is 192 g/mol. The Morgan fingerprint density at radius 2 is 1.44 bits per heavy atom. The highest BCUT2D eigenvalue weighted by atomic mass is 14.2. The Hall–Kier alpha value is 0. The summed E-state index contributed by atoms with van der Waals surface area (Å²) in [5, 5.41) is 0. The first kappa shape index (κ1) is 16.0. The monoisotopic (exact) mass is 226 g/mol. The maximum Gasteiger partial charge on any atom is -0.0365 e. The van der Waals surface area contributed by atoms with Crippen LogP contribution in [0.2, 0.25) is 0 Å². The Labute approximate surface area is 104 Å². The summed E-state index contributed by atoms with van der Waals surface area (Å²) in [6.45, 7) is 14.3. The third-order valence-electron chi connectivity index (χ3n) is 4.25. The minimum atomic E-state index is 0.858. The third kappa shape index (κ3) is 6.55. The van der Waals surface area contributed by atoms with Gasteiger partial charge in [-0.15, -0.1) is 0 Å². The van der Waals surface area contributed by atoms with E-state index in [1.807, 2.05) is 0 Å². The maximum absolute atomic E-state index is 2.43. The standard InChI is InChI=1S/C16H34/c1-7-10-14(5)11-9-12-16(13(3)4)15(6)8-2/h13-16H,7-12H2,1-6H3. The van der Waals surface area contributed by atoms with Gasteiger partial charge in [0, 0.05) is 0 Å². The summed E-state index contributed by atoms with van der Waals surface area (Å²) >= 11 is 0. The number of hydrogen-bond acceptors (Lipinski definition) is 0. The molecule has 3 atom stereocenters. The molecule has 0 saturated heterocycles. The fourth-order valence-corrected chi connectivity index (χ4v) is 2.92. The van der Waals surface area contributed by atoms with Gasteiger partial charge >= 0.3 is 0 Å². The van der Waals surface area contributed by atoms with Crippen molar-refractivity contribution < 1.29 is 0 Å². The fraction of sp³-hybridized carbons (Fsp3) is 1.00. The molecule has 0 nitrogen and oxygen atoms in total. The fourth-order valence-electron chi connectivity index (χ4n) is 2.92. The molecule has 0 heterocycles. The van der Waals surface area contributed by atoms with Gasteiger partial charge in [-0.25, -0.2) is 0 Å². The van der Waals surface area contributed by atoms with E-state index in [9.17, 15) is 0 Å². The van der Waals surface area contributed by atoms with Crippen LogP contribution in [0.4, 0.5) is 0 Å². The zero-order chi connectivity index (χ0) is 12.6. The lowest BCUT2D eigenvalue weighted by Crippen LogP contribution is -2.17. The minimum Gasteiger partial charge on any atom is -0.0654 e. The van der Waals surface area contributed by atoms with Crippen LogP contribution in [0.3, 0.4) is 0 Å². The van der Waals surface area contributed by atoms with Gasteiger partial charge in [-0.1, -0.05) is 73.6 Å². The second kappa shape index (κ2) is 9.07. The largest absolute Gasteiger partial charge is 0.0654 e. The van der Waals surface area contributed by atoms with Gasteiger partial charge in [-0.05, 0) is 30.1 Å². The van der Waals surface area contributed by atoms with Crippen LogP contribution < -0.4 is 0 Å². The van der Waals surface area contributed by atoms with Crippen molar-refractivity contribution in [1.82, 2.24) is 0 Å². The van der Waals surface area contributed by atoms with Crippen molar-refractivity contribution in [2.45, 2.75) is 80.1 Å². The molecule has 0 aromatic rings. The molecule has 0 N–H and O–H groups in total. The summed E-state index contributed by atoms with van der Waals surface area (Å²) in [6, 6.07) is 0. The van der Waals surface area contributed by atoms with Crippen molar-refractivity contribution in [2.24, 2.45) is 23.7 Å². The van der Waals surface area contributed by atoms with Gasteiger partial charge in [0.05, 0.1) is 0 Å². The van der Waals surface area contributed by atoms with Crippen molar-refractivity contribution >= 4 is 0 Å². The molecule has 0 aliphatic heterocycles. The van der Waals surface area contributed by atoms with Crippen LogP contribution in [0.5, 0.6) is 0 Å². The zero-order valence-electron chi connectivity index (χ0n) is 12.6. The molecule has 0 amide bonds. The van der Waals surface area contributed by atoms with Crippen LogP contribution in [-0.4, -0.2) is 0 Å². The zero-order valence-corrected chi connectivity index (χ0v) is 12.6. The predicted octanol–water partition coefficient (Wildman–Crippen LogP) is 5.91. The summed E-state index contributed by atoms with van der Waals surface area (Å²) in [5.41, 5.74) is 0. The molecule has 16 heavy (non-hydrogen) atoms. The smallest absolute Gasteiger partial charge is 0.0365 e. The Bertz CT molecular complexity index is 148. The molecule has 98 valence electrons. The lowest BCUT2D eigenvalue weighted by atomic mass is 9.79. The molecule has 0 fully saturated rings. The van der Waals surface area contributed by atoms with Crippen molar-refractivity contribution in [2.75, 3.05) is 0 Å². The number of hydrogen-bond donors (Lipinski definition) is 0. The predicted molar refractivity (Wildman–Crippen MR) is 75.7 cm³/mol. The summed E-state index contributed by atoms with van der Waals surface area (Å²) in [5.74, 6) is 3.64. The molecule has 0 bridgehead atoms. The summed E-state index contributed by atoms with van der Waals surface area (Å²) in [6.07, 6.45) is 8.42. The molecule has 0 aromatic carbocycles. The van der Waals surface area contributed by atoms with Crippen molar-refractivity contribution in [3.63, 3.8) is 0 Å². The van der Waals surface area contributed by atoms with E-state index in [1.54, 1.807) is 0 Å². The summed E-state index contributed by atoms with van der Waals surface area (Å²) < 4.78 is 0. The van der Waals surface area contributed by atoms with Crippen LogP contribution in [0, 0.1) is 23.7 Å². The molecule has 0 aliphatic carbocycles. The van der Waals surface area contributed by atoms with Crippen LogP contribution in [0.15, 0.2) is 0 Å². The van der Waals surface area contributed by atoms with E-state index in [1.165, 1.54) is 38.5 Å². The molecular formula is C16H34. The summed E-state index contributed by atoms with van der Waals surface area (Å²) in [7, 11) is 0. The van der Waals surface area contributed by atoms with Crippen molar-refractivity contribution in [3.05, 3.63) is 0 Å². The first-order valence-corrected chi connectivity index (χ1v) is 7.52. The average molecular weight is 226 g/mol.